The lowest BCUT2D eigenvalue weighted by Gasteiger charge is -2.17. The molecule has 3 aromatic rings. The normalized spacial score (nSPS) is 12.2. The van der Waals surface area contributed by atoms with Crippen LogP contribution in [-0.4, -0.2) is 20.7 Å². The SMILES string of the molecule is O=C(Oc1c(F)c(F)c([N+](=O)[O-])c(F)c1F)c1cc2cc(C(F)(F)P(=O)(O)O)ccc2s1. The molecule has 2 aromatic carbocycles. The number of rotatable bonds is 5. The lowest BCUT2D eigenvalue weighted by molar-refractivity contribution is -0.390. The molecule has 0 atom stereocenters. The van der Waals surface area contributed by atoms with E-state index < -0.39 is 69.3 Å². The molecule has 8 nitrogen and oxygen atoms in total. The minimum Gasteiger partial charge on any atom is -0.416 e. The maximum absolute atomic E-state index is 13.9. The molecular weight excluding hydrogens is 495 g/mol. The fraction of sp³-hybridized carbons (Fsp3) is 0.0625. The molecule has 0 unspecified atom stereocenters. The highest BCUT2D eigenvalue weighted by molar-refractivity contribution is 7.52. The molecule has 0 aliphatic rings. The number of ether oxygens (including phenoxy) is 1. The van der Waals surface area contributed by atoms with Crippen molar-refractivity contribution in [1.29, 1.82) is 0 Å². The van der Waals surface area contributed by atoms with Gasteiger partial charge in [-0.05, 0) is 23.6 Å². The van der Waals surface area contributed by atoms with Gasteiger partial charge in [0.15, 0.2) is 0 Å². The number of nitro benzene ring substituents is 1. The highest BCUT2D eigenvalue weighted by atomic mass is 32.1. The van der Waals surface area contributed by atoms with E-state index in [0.29, 0.717) is 23.5 Å². The van der Waals surface area contributed by atoms with Gasteiger partial charge in [-0.15, -0.1) is 11.3 Å². The first-order chi connectivity index (χ1) is 14.7. The van der Waals surface area contributed by atoms with Gasteiger partial charge in [0.25, 0.3) is 0 Å². The predicted octanol–water partition coefficient (Wildman–Crippen LogP) is 4.81. The van der Waals surface area contributed by atoms with Crippen molar-refractivity contribution in [2.45, 2.75) is 5.66 Å². The van der Waals surface area contributed by atoms with Gasteiger partial charge in [0.05, 0.1) is 4.92 Å². The summed E-state index contributed by atoms with van der Waals surface area (Å²) in [6, 6.07) is 3.15. The Balaban J connectivity index is 2.00. The summed E-state index contributed by atoms with van der Waals surface area (Å²) >= 11 is 0.525. The van der Waals surface area contributed by atoms with Gasteiger partial charge < -0.3 is 14.5 Å². The van der Waals surface area contributed by atoms with Crippen LogP contribution in [0.3, 0.4) is 0 Å². The Morgan fingerprint density at radius 3 is 2.12 bits per heavy atom. The van der Waals surface area contributed by atoms with Crippen LogP contribution in [0.15, 0.2) is 24.3 Å². The van der Waals surface area contributed by atoms with E-state index in [0.717, 1.165) is 12.1 Å². The van der Waals surface area contributed by atoms with E-state index in [9.17, 15) is 45.8 Å². The van der Waals surface area contributed by atoms with Gasteiger partial charge >= 0.3 is 24.9 Å². The minimum absolute atomic E-state index is 0.101. The summed E-state index contributed by atoms with van der Waals surface area (Å²) in [6.45, 7) is 0. The van der Waals surface area contributed by atoms with Gasteiger partial charge in [-0.1, -0.05) is 6.07 Å². The molecule has 0 spiro atoms. The smallest absolute Gasteiger partial charge is 0.399 e. The number of hydrogen-bond donors (Lipinski definition) is 2. The summed E-state index contributed by atoms with van der Waals surface area (Å²) in [5.74, 6) is -13.0. The number of carbonyl (C=O) groups is 1. The molecule has 0 amide bonds. The van der Waals surface area contributed by atoms with Gasteiger partial charge in [-0.3, -0.25) is 14.7 Å². The van der Waals surface area contributed by atoms with Crippen LogP contribution in [0.5, 0.6) is 5.75 Å². The topological polar surface area (TPSA) is 127 Å². The summed E-state index contributed by atoms with van der Waals surface area (Å²) in [7, 11) is -5.88. The molecule has 2 N–H and O–H groups in total. The first-order valence-corrected chi connectivity index (χ1v) is 10.3. The third kappa shape index (κ3) is 3.83. The van der Waals surface area contributed by atoms with Gasteiger partial charge in [-0.2, -0.15) is 26.3 Å². The molecule has 16 heteroatoms. The second kappa shape index (κ2) is 7.85. The Bertz CT molecular complexity index is 1310. The van der Waals surface area contributed by atoms with Gasteiger partial charge in [0.1, 0.15) is 4.88 Å². The second-order valence-electron chi connectivity index (χ2n) is 6.03. The first kappa shape index (κ1) is 23.7. The largest absolute Gasteiger partial charge is 0.416 e. The van der Waals surface area contributed by atoms with E-state index in [1.54, 1.807) is 0 Å². The van der Waals surface area contributed by atoms with E-state index in [2.05, 4.69) is 4.74 Å². The molecule has 0 radical (unpaired) electrons. The number of benzene rings is 2. The van der Waals surface area contributed by atoms with Crippen molar-refractivity contribution < 1.29 is 55.1 Å². The second-order valence-corrected chi connectivity index (χ2v) is 8.76. The van der Waals surface area contributed by atoms with Crippen LogP contribution in [0.25, 0.3) is 10.1 Å². The van der Waals surface area contributed by atoms with Crippen LogP contribution in [0.2, 0.25) is 0 Å². The van der Waals surface area contributed by atoms with Crippen molar-refractivity contribution in [3.8, 4) is 5.75 Å². The lowest BCUT2D eigenvalue weighted by atomic mass is 10.1. The van der Waals surface area contributed by atoms with E-state index in [4.69, 9.17) is 9.79 Å². The Morgan fingerprint density at radius 2 is 1.62 bits per heavy atom. The molecule has 3 rings (SSSR count). The number of carbonyl (C=O) groups excluding carboxylic acids is 1. The molecular formula is C16H6F6NO7PS. The maximum Gasteiger partial charge on any atom is 0.399 e. The van der Waals surface area contributed by atoms with Crippen LogP contribution in [0, 0.1) is 33.4 Å². The highest BCUT2D eigenvalue weighted by Crippen LogP contribution is 2.59. The number of alkyl halides is 2. The van der Waals surface area contributed by atoms with Gasteiger partial charge in [0, 0.05) is 10.3 Å². The van der Waals surface area contributed by atoms with Gasteiger partial charge in [0.2, 0.25) is 29.0 Å². The molecule has 0 bridgehead atoms. The fourth-order valence-electron chi connectivity index (χ4n) is 2.49. The van der Waals surface area contributed by atoms with Crippen molar-refractivity contribution in [2.75, 3.05) is 0 Å². The van der Waals surface area contributed by atoms with E-state index in [1.807, 2.05) is 0 Å². The molecule has 0 aliphatic heterocycles. The molecule has 0 saturated heterocycles. The zero-order valence-electron chi connectivity index (χ0n) is 14.8. The number of esters is 1. The fourth-order valence-corrected chi connectivity index (χ4v) is 3.89. The Labute approximate surface area is 176 Å². The van der Waals surface area contributed by atoms with Crippen LogP contribution in [0.4, 0.5) is 32.0 Å². The quantitative estimate of drug-likeness (QED) is 0.0977. The van der Waals surface area contributed by atoms with E-state index >= 15 is 0 Å². The average molecular weight is 501 g/mol. The lowest BCUT2D eigenvalue weighted by Crippen LogP contribution is -2.13. The standard InChI is InChI=1S/C16H6F6NO7PS/c17-9-11(19)14(12(20)10(18)13(9)23(25)26)30-15(24)8-4-5-3-6(1-2-7(5)32-8)16(21,22)31(27,28)29/h1-4H,(H2,27,28,29). The number of thiophene rings is 1. The molecule has 1 aromatic heterocycles. The van der Waals surface area contributed by atoms with E-state index in [1.165, 1.54) is 0 Å². The summed E-state index contributed by atoms with van der Waals surface area (Å²) in [6.07, 6.45) is 0. The molecule has 0 aliphatic carbocycles. The summed E-state index contributed by atoms with van der Waals surface area (Å²) in [5, 5.41) is 10.4. The maximum atomic E-state index is 13.9. The molecule has 0 saturated carbocycles. The van der Waals surface area contributed by atoms with E-state index in [-0.39, 0.29) is 10.1 Å². The first-order valence-electron chi connectivity index (χ1n) is 7.86. The minimum atomic E-state index is -5.88. The van der Waals surface area contributed by atoms with Crippen molar-refractivity contribution in [3.05, 3.63) is 68.1 Å². The van der Waals surface area contributed by atoms with Crippen molar-refractivity contribution in [1.82, 2.24) is 0 Å². The number of nitro groups is 1. The van der Waals surface area contributed by atoms with Crippen LogP contribution < -0.4 is 4.74 Å². The Morgan fingerprint density at radius 1 is 1.06 bits per heavy atom. The predicted molar refractivity (Wildman–Crippen MR) is 95.6 cm³/mol. The third-order valence-corrected chi connectivity index (χ3v) is 6.09. The number of nitrogens with zero attached hydrogens (tertiary/aromatic N) is 1. The number of fused-ring (bicyclic) bond motifs is 1. The Kier molecular flexibility index (Phi) is 5.80. The van der Waals surface area contributed by atoms with Crippen molar-refractivity contribution in [2.24, 2.45) is 0 Å². The highest BCUT2D eigenvalue weighted by Gasteiger charge is 2.50. The molecule has 0 fully saturated rings. The Hall–Kier alpha value is -3.00. The van der Waals surface area contributed by atoms with Gasteiger partial charge in [-0.25, -0.2) is 4.79 Å². The number of hydrogen-bond acceptors (Lipinski definition) is 6. The zero-order valence-corrected chi connectivity index (χ0v) is 16.5. The summed E-state index contributed by atoms with van der Waals surface area (Å²) in [4.78, 5) is 38.1. The third-order valence-electron chi connectivity index (χ3n) is 4.01. The molecule has 32 heavy (non-hydrogen) atoms. The summed E-state index contributed by atoms with van der Waals surface area (Å²) < 4.78 is 98.3. The number of halogens is 6. The average Bonchev–Trinajstić information content (AvgIpc) is 3.12. The zero-order chi connectivity index (χ0) is 24.2. The van der Waals surface area contributed by atoms with Crippen molar-refractivity contribution in [3.63, 3.8) is 0 Å². The monoisotopic (exact) mass is 501 g/mol. The van der Waals surface area contributed by atoms with Crippen molar-refractivity contribution >= 4 is 40.7 Å². The van der Waals surface area contributed by atoms with Crippen LogP contribution in [-0.2, 0) is 10.2 Å². The van der Waals surface area contributed by atoms with Crippen LogP contribution in [0.1, 0.15) is 15.2 Å². The summed E-state index contributed by atoms with van der Waals surface area (Å²) in [5.41, 5.74) is -7.78. The molecule has 170 valence electrons. The molecule has 1 heterocycles. The van der Waals surface area contributed by atoms with Crippen LogP contribution >= 0.6 is 18.9 Å².